The van der Waals surface area contributed by atoms with E-state index in [1.54, 1.807) is 18.2 Å². The molecule has 21 heavy (non-hydrogen) atoms. The van der Waals surface area contributed by atoms with Crippen molar-refractivity contribution in [2.75, 3.05) is 0 Å². The molecular formula is C17H14F2O2. The van der Waals surface area contributed by atoms with Gasteiger partial charge in [0.2, 0.25) is 0 Å². The van der Waals surface area contributed by atoms with Crippen molar-refractivity contribution in [3.8, 4) is 5.75 Å². The minimum absolute atomic E-state index is 0.0852. The summed E-state index contributed by atoms with van der Waals surface area (Å²) in [6, 6.07) is 11.7. The zero-order valence-corrected chi connectivity index (χ0v) is 11.3. The van der Waals surface area contributed by atoms with E-state index in [0.29, 0.717) is 5.56 Å². The summed E-state index contributed by atoms with van der Waals surface area (Å²) in [5.41, 5.74) is 3.12. The SMILES string of the molecule is O=C(c1ccc2c(c1)CCC2)c1ccccc1OC(F)F. The Morgan fingerprint density at radius 2 is 1.81 bits per heavy atom. The fourth-order valence-corrected chi connectivity index (χ4v) is 2.72. The van der Waals surface area contributed by atoms with Gasteiger partial charge in [0.05, 0.1) is 5.56 Å². The number of benzene rings is 2. The zero-order chi connectivity index (χ0) is 14.8. The molecule has 0 radical (unpaired) electrons. The Labute approximate surface area is 121 Å². The first-order valence-electron chi connectivity index (χ1n) is 6.85. The maximum Gasteiger partial charge on any atom is 0.387 e. The number of hydrogen-bond donors (Lipinski definition) is 0. The molecule has 0 saturated heterocycles. The summed E-state index contributed by atoms with van der Waals surface area (Å²) >= 11 is 0. The van der Waals surface area contributed by atoms with Gasteiger partial charge in [0.15, 0.2) is 5.78 Å². The minimum atomic E-state index is -2.95. The van der Waals surface area contributed by atoms with Gasteiger partial charge in [0.1, 0.15) is 5.75 Å². The summed E-state index contributed by atoms with van der Waals surface area (Å²) in [4.78, 5) is 12.5. The van der Waals surface area contributed by atoms with E-state index in [9.17, 15) is 13.6 Å². The van der Waals surface area contributed by atoms with E-state index in [2.05, 4.69) is 4.74 Å². The van der Waals surface area contributed by atoms with Crippen LogP contribution in [0.15, 0.2) is 42.5 Å². The molecule has 0 N–H and O–H groups in total. The molecule has 2 nitrogen and oxygen atoms in total. The molecule has 0 atom stereocenters. The van der Waals surface area contributed by atoms with E-state index in [0.717, 1.165) is 19.3 Å². The molecule has 0 spiro atoms. The maximum absolute atomic E-state index is 12.5. The average molecular weight is 288 g/mol. The lowest BCUT2D eigenvalue weighted by Crippen LogP contribution is -2.09. The highest BCUT2D eigenvalue weighted by molar-refractivity contribution is 6.10. The molecule has 4 heteroatoms. The minimum Gasteiger partial charge on any atom is -0.434 e. The van der Waals surface area contributed by atoms with Gasteiger partial charge in [-0.15, -0.1) is 0 Å². The molecule has 1 aliphatic carbocycles. The number of aryl methyl sites for hydroxylation is 2. The summed E-state index contributed by atoms with van der Waals surface area (Å²) < 4.78 is 29.3. The van der Waals surface area contributed by atoms with Crippen molar-refractivity contribution in [3.05, 3.63) is 64.7 Å². The standard InChI is InChI=1S/C17H14F2O2/c18-17(19)21-15-7-2-1-6-14(15)16(20)13-9-8-11-4-3-5-12(11)10-13/h1-2,6-10,17H,3-5H2. The summed E-state index contributed by atoms with van der Waals surface area (Å²) in [6.07, 6.45) is 3.10. The molecule has 1 aliphatic rings. The van der Waals surface area contributed by atoms with Crippen molar-refractivity contribution in [2.45, 2.75) is 25.9 Å². The number of carbonyl (C=O) groups is 1. The monoisotopic (exact) mass is 288 g/mol. The Morgan fingerprint density at radius 1 is 1.05 bits per heavy atom. The molecule has 0 unspecified atom stereocenters. The smallest absolute Gasteiger partial charge is 0.387 e. The van der Waals surface area contributed by atoms with Gasteiger partial charge in [-0.1, -0.05) is 24.3 Å². The number of para-hydroxylation sites is 1. The van der Waals surface area contributed by atoms with Crippen molar-refractivity contribution in [2.24, 2.45) is 0 Å². The normalized spacial score (nSPS) is 13.3. The number of rotatable bonds is 4. The van der Waals surface area contributed by atoms with Crippen LogP contribution in [0.3, 0.4) is 0 Å². The largest absolute Gasteiger partial charge is 0.434 e. The van der Waals surface area contributed by atoms with Gasteiger partial charge in [-0.3, -0.25) is 4.79 Å². The van der Waals surface area contributed by atoms with Crippen LogP contribution in [0.25, 0.3) is 0 Å². The number of halogens is 2. The molecule has 0 fully saturated rings. The predicted octanol–water partition coefficient (Wildman–Crippen LogP) is 4.01. The predicted molar refractivity (Wildman–Crippen MR) is 75.0 cm³/mol. The lowest BCUT2D eigenvalue weighted by molar-refractivity contribution is -0.0501. The third kappa shape index (κ3) is 2.79. The van der Waals surface area contributed by atoms with Crippen LogP contribution in [-0.4, -0.2) is 12.4 Å². The van der Waals surface area contributed by atoms with Crippen LogP contribution in [0, 0.1) is 0 Å². The fourth-order valence-electron chi connectivity index (χ4n) is 2.72. The van der Waals surface area contributed by atoms with Gasteiger partial charge in [-0.2, -0.15) is 8.78 Å². The van der Waals surface area contributed by atoms with Crippen molar-refractivity contribution in [3.63, 3.8) is 0 Å². The quantitative estimate of drug-likeness (QED) is 0.795. The van der Waals surface area contributed by atoms with Crippen LogP contribution in [0.1, 0.15) is 33.5 Å². The number of fused-ring (bicyclic) bond motifs is 1. The average Bonchev–Trinajstić information content (AvgIpc) is 2.94. The van der Waals surface area contributed by atoms with Gasteiger partial charge in [0.25, 0.3) is 0 Å². The van der Waals surface area contributed by atoms with E-state index in [1.807, 2.05) is 12.1 Å². The number of ether oxygens (including phenoxy) is 1. The van der Waals surface area contributed by atoms with Crippen LogP contribution in [0.5, 0.6) is 5.75 Å². The van der Waals surface area contributed by atoms with Crippen LogP contribution in [0.4, 0.5) is 8.78 Å². The topological polar surface area (TPSA) is 26.3 Å². The lowest BCUT2D eigenvalue weighted by Gasteiger charge is -2.10. The van der Waals surface area contributed by atoms with Gasteiger partial charge < -0.3 is 4.74 Å². The molecule has 3 rings (SSSR count). The Bertz CT molecular complexity index is 680. The Kier molecular flexibility index (Phi) is 3.69. The number of hydrogen-bond acceptors (Lipinski definition) is 2. The third-order valence-corrected chi connectivity index (χ3v) is 3.71. The van der Waals surface area contributed by atoms with Crippen molar-refractivity contribution in [1.29, 1.82) is 0 Å². The van der Waals surface area contributed by atoms with Crippen molar-refractivity contribution >= 4 is 5.78 Å². The Morgan fingerprint density at radius 3 is 2.62 bits per heavy atom. The summed E-state index contributed by atoms with van der Waals surface area (Å²) in [6.45, 7) is -2.95. The molecule has 0 saturated carbocycles. The lowest BCUT2D eigenvalue weighted by atomic mass is 9.99. The summed E-state index contributed by atoms with van der Waals surface area (Å²) in [5.74, 6) is -0.376. The second-order valence-corrected chi connectivity index (χ2v) is 5.04. The molecule has 0 bridgehead atoms. The number of ketones is 1. The highest BCUT2D eigenvalue weighted by Gasteiger charge is 2.19. The van der Waals surface area contributed by atoms with E-state index < -0.39 is 6.61 Å². The van der Waals surface area contributed by atoms with Gasteiger partial charge in [-0.25, -0.2) is 0 Å². The molecular weight excluding hydrogens is 274 g/mol. The van der Waals surface area contributed by atoms with E-state index in [-0.39, 0.29) is 17.1 Å². The first kappa shape index (κ1) is 13.7. The molecule has 0 heterocycles. The number of alkyl halides is 2. The summed E-state index contributed by atoms with van der Waals surface area (Å²) in [7, 11) is 0. The maximum atomic E-state index is 12.5. The second kappa shape index (κ2) is 5.64. The molecule has 2 aromatic carbocycles. The molecule has 2 aromatic rings. The van der Waals surface area contributed by atoms with Crippen LogP contribution in [0.2, 0.25) is 0 Å². The zero-order valence-electron chi connectivity index (χ0n) is 11.3. The van der Waals surface area contributed by atoms with E-state index in [4.69, 9.17) is 0 Å². The molecule has 0 aromatic heterocycles. The van der Waals surface area contributed by atoms with Gasteiger partial charge >= 0.3 is 6.61 Å². The van der Waals surface area contributed by atoms with Crippen molar-refractivity contribution in [1.82, 2.24) is 0 Å². The van der Waals surface area contributed by atoms with E-state index in [1.165, 1.54) is 23.3 Å². The van der Waals surface area contributed by atoms with Gasteiger partial charge in [0, 0.05) is 5.56 Å². The second-order valence-electron chi connectivity index (χ2n) is 5.04. The van der Waals surface area contributed by atoms with Crippen LogP contribution < -0.4 is 4.74 Å². The first-order valence-corrected chi connectivity index (χ1v) is 6.85. The third-order valence-electron chi connectivity index (χ3n) is 3.71. The molecule has 0 aliphatic heterocycles. The Hall–Kier alpha value is -2.23. The first-order chi connectivity index (χ1) is 10.1. The van der Waals surface area contributed by atoms with Crippen LogP contribution in [-0.2, 0) is 12.8 Å². The number of carbonyl (C=O) groups excluding carboxylic acids is 1. The highest BCUT2D eigenvalue weighted by Crippen LogP contribution is 2.27. The fraction of sp³-hybridized carbons (Fsp3) is 0.235. The molecule has 0 amide bonds. The van der Waals surface area contributed by atoms with Gasteiger partial charge in [-0.05, 0) is 48.6 Å². The molecule has 108 valence electrons. The summed E-state index contributed by atoms with van der Waals surface area (Å²) in [5, 5.41) is 0. The Balaban J connectivity index is 1.95. The highest BCUT2D eigenvalue weighted by atomic mass is 19.3. The van der Waals surface area contributed by atoms with E-state index >= 15 is 0 Å². The van der Waals surface area contributed by atoms with Crippen LogP contribution >= 0.6 is 0 Å². The van der Waals surface area contributed by atoms with Crippen molar-refractivity contribution < 1.29 is 18.3 Å².